The molecule has 6 unspecified atom stereocenters. The third-order valence-corrected chi connectivity index (χ3v) is 8.38. The number of alkyl halides is 3. The number of fused-ring (bicyclic) bond motifs is 2. The van der Waals surface area contributed by atoms with Crippen molar-refractivity contribution in [2.45, 2.75) is 71.3 Å². The summed E-state index contributed by atoms with van der Waals surface area (Å²) in [4.78, 5) is 52.6. The number of benzene rings is 1. The standard InChI is InChI=1S/C27H30F5N5O4/c1-25(2,3)20(36-24(41)27(30,31)32)23(40)37-10-15-17(26(15,4)5)19(37)22(39)34-12(9-33)8-14-13-6-11(28)7-16(29)18(13)35-21(14)38/h6-7,12,14-15,17,19-20H,8,10H2,1-5H3,(H,34,39)(H,35,38)(H,36,41). The van der Waals surface area contributed by atoms with Crippen molar-refractivity contribution in [3.05, 3.63) is 29.3 Å². The van der Waals surface area contributed by atoms with E-state index in [-0.39, 0.29) is 41.5 Å². The maximum Gasteiger partial charge on any atom is 0.471 e. The lowest BCUT2D eigenvalue weighted by atomic mass is 9.85. The van der Waals surface area contributed by atoms with Crippen molar-refractivity contribution in [3.63, 3.8) is 0 Å². The molecule has 1 aliphatic carbocycles. The highest BCUT2D eigenvalue weighted by molar-refractivity contribution is 6.03. The first-order valence-electron chi connectivity index (χ1n) is 13.0. The number of carbonyl (C=O) groups is 4. The smallest absolute Gasteiger partial charge is 0.339 e. The summed E-state index contributed by atoms with van der Waals surface area (Å²) in [5.74, 6) is -8.19. The molecule has 1 saturated carbocycles. The van der Waals surface area contributed by atoms with E-state index in [4.69, 9.17) is 0 Å². The summed E-state index contributed by atoms with van der Waals surface area (Å²) < 4.78 is 67.1. The number of nitriles is 1. The highest BCUT2D eigenvalue weighted by Crippen LogP contribution is 2.65. The van der Waals surface area contributed by atoms with Gasteiger partial charge in [0.05, 0.1) is 17.7 Å². The van der Waals surface area contributed by atoms with E-state index >= 15 is 0 Å². The molecule has 1 aromatic carbocycles. The molecule has 14 heteroatoms. The van der Waals surface area contributed by atoms with Crippen molar-refractivity contribution >= 4 is 29.3 Å². The van der Waals surface area contributed by atoms with E-state index < -0.39 is 70.9 Å². The van der Waals surface area contributed by atoms with Crippen LogP contribution in [0.15, 0.2) is 12.1 Å². The largest absolute Gasteiger partial charge is 0.471 e. The molecule has 2 aliphatic heterocycles. The lowest BCUT2D eigenvalue weighted by molar-refractivity contribution is -0.176. The summed E-state index contributed by atoms with van der Waals surface area (Å²) in [6.45, 7) is 8.23. The van der Waals surface area contributed by atoms with Crippen LogP contribution < -0.4 is 16.0 Å². The van der Waals surface area contributed by atoms with Crippen LogP contribution >= 0.6 is 0 Å². The highest BCUT2D eigenvalue weighted by Gasteiger charge is 2.70. The van der Waals surface area contributed by atoms with Gasteiger partial charge in [-0.1, -0.05) is 34.6 Å². The number of hydrogen-bond acceptors (Lipinski definition) is 5. The van der Waals surface area contributed by atoms with E-state index in [2.05, 4.69) is 10.6 Å². The molecule has 3 N–H and O–H groups in total. The van der Waals surface area contributed by atoms with Crippen LogP contribution in [0.1, 0.15) is 52.5 Å². The summed E-state index contributed by atoms with van der Waals surface area (Å²) in [7, 11) is 0. The second kappa shape index (κ2) is 9.95. The Labute approximate surface area is 232 Å². The minimum atomic E-state index is -5.23. The van der Waals surface area contributed by atoms with Gasteiger partial charge in [-0.15, -0.1) is 0 Å². The molecule has 3 aliphatic rings. The quantitative estimate of drug-likeness (QED) is 0.444. The van der Waals surface area contributed by atoms with Gasteiger partial charge in [0.2, 0.25) is 17.7 Å². The summed E-state index contributed by atoms with van der Waals surface area (Å²) >= 11 is 0. The number of hydrogen-bond donors (Lipinski definition) is 3. The molecule has 4 amide bonds. The Bertz CT molecular complexity index is 1350. The SMILES string of the molecule is CC(C)(C)C(NC(=O)C(F)(F)F)C(=O)N1CC2C(C1C(=O)NC(C#N)CC1C(=O)Nc3c(F)cc(F)cc31)C2(C)C. The topological polar surface area (TPSA) is 131 Å². The van der Waals surface area contributed by atoms with Gasteiger partial charge in [0, 0.05) is 12.6 Å². The second-order valence-electron chi connectivity index (χ2n) is 12.5. The lowest BCUT2D eigenvalue weighted by Gasteiger charge is -2.37. The van der Waals surface area contributed by atoms with E-state index in [9.17, 15) is 46.4 Å². The number of halogens is 5. The molecule has 0 radical (unpaired) electrons. The minimum Gasteiger partial charge on any atom is -0.339 e. The van der Waals surface area contributed by atoms with Crippen LogP contribution in [0.2, 0.25) is 0 Å². The number of nitrogens with zero attached hydrogens (tertiary/aromatic N) is 2. The van der Waals surface area contributed by atoms with Gasteiger partial charge in [-0.2, -0.15) is 18.4 Å². The third-order valence-electron chi connectivity index (χ3n) is 8.38. The molecule has 1 saturated heterocycles. The predicted octanol–water partition coefficient (Wildman–Crippen LogP) is 2.98. The van der Waals surface area contributed by atoms with Crippen molar-refractivity contribution in [3.8, 4) is 6.07 Å². The Morgan fingerprint density at radius 3 is 2.37 bits per heavy atom. The number of amides is 4. The highest BCUT2D eigenvalue weighted by atomic mass is 19.4. The van der Waals surface area contributed by atoms with Crippen LogP contribution in [-0.4, -0.2) is 59.4 Å². The summed E-state index contributed by atoms with van der Waals surface area (Å²) in [5.41, 5.74) is -1.75. The first-order valence-corrected chi connectivity index (χ1v) is 13.0. The molecule has 9 nitrogen and oxygen atoms in total. The predicted molar refractivity (Wildman–Crippen MR) is 134 cm³/mol. The molecule has 222 valence electrons. The zero-order valence-corrected chi connectivity index (χ0v) is 23.0. The number of piperidine rings is 1. The fraction of sp³-hybridized carbons (Fsp3) is 0.593. The van der Waals surface area contributed by atoms with E-state index in [1.807, 2.05) is 19.9 Å². The average Bonchev–Trinajstić information content (AvgIpc) is 3.15. The van der Waals surface area contributed by atoms with Crippen LogP contribution in [0, 0.1) is 45.6 Å². The Morgan fingerprint density at radius 2 is 1.80 bits per heavy atom. The van der Waals surface area contributed by atoms with Crippen molar-refractivity contribution < 1.29 is 41.1 Å². The van der Waals surface area contributed by atoms with Gasteiger partial charge in [-0.3, -0.25) is 19.2 Å². The summed E-state index contributed by atoms with van der Waals surface area (Å²) in [6, 6.07) is -0.647. The Hall–Kier alpha value is -3.76. The van der Waals surface area contributed by atoms with E-state index in [1.165, 1.54) is 20.8 Å². The van der Waals surface area contributed by atoms with Gasteiger partial charge in [-0.05, 0) is 40.7 Å². The average molecular weight is 584 g/mol. The van der Waals surface area contributed by atoms with Crippen molar-refractivity contribution in [2.24, 2.45) is 22.7 Å². The maximum atomic E-state index is 14.1. The van der Waals surface area contributed by atoms with Gasteiger partial charge >= 0.3 is 12.1 Å². The first-order chi connectivity index (χ1) is 18.8. The van der Waals surface area contributed by atoms with Gasteiger partial charge in [0.15, 0.2) is 0 Å². The first kappa shape index (κ1) is 30.2. The number of anilines is 1. The van der Waals surface area contributed by atoms with Crippen LogP contribution in [0.4, 0.5) is 27.6 Å². The summed E-state index contributed by atoms with van der Waals surface area (Å²) in [5, 5.41) is 16.3. The lowest BCUT2D eigenvalue weighted by Crippen LogP contribution is -2.61. The third kappa shape index (κ3) is 5.46. The van der Waals surface area contributed by atoms with Crippen LogP contribution in [0.25, 0.3) is 0 Å². The molecule has 1 aromatic rings. The molecular weight excluding hydrogens is 553 g/mol. The molecule has 2 heterocycles. The van der Waals surface area contributed by atoms with Gasteiger partial charge in [-0.25, -0.2) is 8.78 Å². The monoisotopic (exact) mass is 583 g/mol. The van der Waals surface area contributed by atoms with E-state index in [0.29, 0.717) is 6.07 Å². The second-order valence-corrected chi connectivity index (χ2v) is 12.5. The Balaban J connectivity index is 1.56. The Morgan fingerprint density at radius 1 is 1.17 bits per heavy atom. The van der Waals surface area contributed by atoms with E-state index in [1.54, 1.807) is 5.32 Å². The fourth-order valence-electron chi connectivity index (χ4n) is 6.06. The van der Waals surface area contributed by atoms with Gasteiger partial charge in [0.1, 0.15) is 29.8 Å². The molecule has 0 aromatic heterocycles. The van der Waals surface area contributed by atoms with Crippen molar-refractivity contribution in [2.75, 3.05) is 11.9 Å². The zero-order chi connectivity index (χ0) is 30.8. The van der Waals surface area contributed by atoms with E-state index in [0.717, 1.165) is 11.0 Å². The number of nitrogens with one attached hydrogen (secondary N) is 3. The number of likely N-dealkylation sites (tertiary alicyclic amines) is 1. The van der Waals surface area contributed by atoms with Gasteiger partial charge < -0.3 is 20.9 Å². The minimum absolute atomic E-state index is 0.00325. The zero-order valence-electron chi connectivity index (χ0n) is 23.0. The van der Waals surface area contributed by atoms with Crippen molar-refractivity contribution in [1.82, 2.24) is 15.5 Å². The molecule has 6 atom stereocenters. The molecule has 0 bridgehead atoms. The normalized spacial score (nSPS) is 25.8. The molecule has 4 rings (SSSR count). The fourth-order valence-corrected chi connectivity index (χ4v) is 6.06. The number of carbonyl (C=O) groups excluding carboxylic acids is 4. The maximum absolute atomic E-state index is 14.1. The van der Waals surface area contributed by atoms with Gasteiger partial charge in [0.25, 0.3) is 0 Å². The van der Waals surface area contributed by atoms with Crippen LogP contribution in [0.5, 0.6) is 0 Å². The molecule has 41 heavy (non-hydrogen) atoms. The van der Waals surface area contributed by atoms with Crippen LogP contribution in [-0.2, 0) is 19.2 Å². The molecule has 2 fully saturated rings. The van der Waals surface area contributed by atoms with Crippen molar-refractivity contribution in [1.29, 1.82) is 5.26 Å². The summed E-state index contributed by atoms with van der Waals surface area (Å²) in [6.07, 6.45) is -5.55. The molecule has 0 spiro atoms. The Kier molecular flexibility index (Phi) is 7.33. The molecular formula is C27H30F5N5O4. The van der Waals surface area contributed by atoms with Crippen LogP contribution in [0.3, 0.4) is 0 Å². The number of rotatable bonds is 6.